The molecule has 1 heterocycles. The van der Waals surface area contributed by atoms with E-state index >= 15 is 0 Å². The van der Waals surface area contributed by atoms with Gasteiger partial charge in [0.15, 0.2) is 5.11 Å². The van der Waals surface area contributed by atoms with Crippen LogP contribution in [0, 0.1) is 0 Å². The lowest BCUT2D eigenvalue weighted by Crippen LogP contribution is -2.31. The molecule has 0 spiro atoms. The molecular formula is C16H26N4O2S2. The summed E-state index contributed by atoms with van der Waals surface area (Å²) in [6.07, 6.45) is 4.86. The van der Waals surface area contributed by atoms with Gasteiger partial charge in [0.05, 0.1) is 11.9 Å². The number of hydrogen-bond donors (Lipinski definition) is 2. The van der Waals surface area contributed by atoms with Gasteiger partial charge in [0.25, 0.3) is 0 Å². The van der Waals surface area contributed by atoms with Gasteiger partial charge in [0, 0.05) is 19.3 Å². The van der Waals surface area contributed by atoms with Gasteiger partial charge in [-0.3, -0.25) is 4.31 Å². The lowest BCUT2D eigenvalue weighted by Gasteiger charge is -2.18. The van der Waals surface area contributed by atoms with Crippen LogP contribution in [0.2, 0.25) is 0 Å². The second-order valence-electron chi connectivity index (χ2n) is 6.06. The minimum atomic E-state index is -3.27. The Morgan fingerprint density at radius 1 is 1.33 bits per heavy atom. The summed E-state index contributed by atoms with van der Waals surface area (Å²) in [7, 11) is -1.74. The van der Waals surface area contributed by atoms with Crippen molar-refractivity contribution in [3.63, 3.8) is 0 Å². The molecular weight excluding hydrogens is 344 g/mol. The van der Waals surface area contributed by atoms with Gasteiger partial charge in [-0.15, -0.1) is 0 Å². The highest BCUT2D eigenvalue weighted by atomic mass is 32.2. The predicted molar refractivity (Wildman–Crippen MR) is 104 cm³/mol. The summed E-state index contributed by atoms with van der Waals surface area (Å²) in [5, 5.41) is 6.85. The Labute approximate surface area is 150 Å². The molecule has 0 amide bonds. The number of benzene rings is 1. The van der Waals surface area contributed by atoms with Crippen molar-refractivity contribution in [2.75, 3.05) is 49.1 Å². The van der Waals surface area contributed by atoms with E-state index in [1.807, 2.05) is 6.07 Å². The largest absolute Gasteiger partial charge is 0.362 e. The van der Waals surface area contributed by atoms with Crippen LogP contribution in [0.3, 0.4) is 0 Å². The average Bonchev–Trinajstić information content (AvgIpc) is 3.03. The number of anilines is 2. The molecule has 1 saturated heterocycles. The molecule has 0 bridgehead atoms. The molecule has 6 nitrogen and oxygen atoms in total. The number of sulfonamides is 1. The van der Waals surface area contributed by atoms with Crippen LogP contribution in [0.5, 0.6) is 0 Å². The van der Waals surface area contributed by atoms with E-state index in [4.69, 9.17) is 12.2 Å². The molecule has 8 heteroatoms. The minimum absolute atomic E-state index is 0.551. The Morgan fingerprint density at radius 2 is 2.04 bits per heavy atom. The summed E-state index contributed by atoms with van der Waals surface area (Å²) >= 11 is 5.30. The zero-order chi connectivity index (χ0) is 17.6. The summed E-state index contributed by atoms with van der Waals surface area (Å²) in [5.41, 5.74) is 1.36. The molecule has 0 atom stereocenters. The summed E-state index contributed by atoms with van der Waals surface area (Å²) in [6, 6.07) is 7.17. The van der Waals surface area contributed by atoms with Gasteiger partial charge in [0.2, 0.25) is 10.0 Å². The smallest absolute Gasteiger partial charge is 0.231 e. The second-order valence-corrected chi connectivity index (χ2v) is 8.49. The highest BCUT2D eigenvalue weighted by molar-refractivity contribution is 7.92. The van der Waals surface area contributed by atoms with E-state index in [1.54, 1.807) is 18.2 Å². The summed E-state index contributed by atoms with van der Waals surface area (Å²) < 4.78 is 24.5. The van der Waals surface area contributed by atoms with Gasteiger partial charge in [-0.25, -0.2) is 8.42 Å². The zero-order valence-corrected chi connectivity index (χ0v) is 15.9. The first-order valence-electron chi connectivity index (χ1n) is 8.17. The molecule has 0 radical (unpaired) electrons. The van der Waals surface area contributed by atoms with E-state index in [-0.39, 0.29) is 0 Å². The molecule has 2 N–H and O–H groups in total. The van der Waals surface area contributed by atoms with Crippen molar-refractivity contribution < 1.29 is 8.42 Å². The summed E-state index contributed by atoms with van der Waals surface area (Å²) in [6.45, 7) is 4.35. The molecule has 0 unspecified atom stereocenters. The summed E-state index contributed by atoms with van der Waals surface area (Å²) in [4.78, 5) is 2.47. The van der Waals surface area contributed by atoms with Crippen molar-refractivity contribution in [2.45, 2.75) is 19.3 Å². The lowest BCUT2D eigenvalue weighted by atomic mass is 10.3. The molecule has 1 fully saturated rings. The highest BCUT2D eigenvalue weighted by Gasteiger charge is 2.12. The predicted octanol–water partition coefficient (Wildman–Crippen LogP) is 1.85. The number of rotatable bonds is 7. The Kier molecular flexibility index (Phi) is 6.82. The Bertz CT molecular complexity index is 658. The number of nitrogens with one attached hydrogen (secondary N) is 2. The van der Waals surface area contributed by atoms with E-state index in [1.165, 1.54) is 43.5 Å². The normalized spacial score (nSPS) is 15.2. The Hall–Kier alpha value is -1.38. The molecule has 2 rings (SSSR count). The van der Waals surface area contributed by atoms with Gasteiger partial charge >= 0.3 is 0 Å². The fourth-order valence-corrected chi connectivity index (χ4v) is 3.37. The quantitative estimate of drug-likeness (QED) is 0.564. The van der Waals surface area contributed by atoms with E-state index in [9.17, 15) is 8.42 Å². The van der Waals surface area contributed by atoms with E-state index in [0.717, 1.165) is 25.2 Å². The first-order chi connectivity index (χ1) is 11.4. The number of likely N-dealkylation sites (tertiary alicyclic amines) is 1. The molecule has 134 valence electrons. The highest BCUT2D eigenvalue weighted by Crippen LogP contribution is 2.20. The third-order valence-corrected chi connectivity index (χ3v) is 5.55. The zero-order valence-electron chi connectivity index (χ0n) is 14.3. The SMILES string of the molecule is CN(c1cccc(NC(=S)NCCCN2CCCC2)c1)S(C)(=O)=O. The van der Waals surface area contributed by atoms with E-state index in [0.29, 0.717) is 10.8 Å². The van der Waals surface area contributed by atoms with Crippen molar-refractivity contribution in [1.29, 1.82) is 0 Å². The average molecular weight is 371 g/mol. The van der Waals surface area contributed by atoms with E-state index < -0.39 is 10.0 Å². The van der Waals surface area contributed by atoms with Crippen LogP contribution in [0.4, 0.5) is 11.4 Å². The Morgan fingerprint density at radius 3 is 2.71 bits per heavy atom. The maximum Gasteiger partial charge on any atom is 0.231 e. The van der Waals surface area contributed by atoms with Gasteiger partial charge in [-0.1, -0.05) is 6.07 Å². The van der Waals surface area contributed by atoms with Crippen molar-refractivity contribution in [2.24, 2.45) is 0 Å². The van der Waals surface area contributed by atoms with Crippen LogP contribution >= 0.6 is 12.2 Å². The van der Waals surface area contributed by atoms with Crippen LogP contribution < -0.4 is 14.9 Å². The van der Waals surface area contributed by atoms with Crippen LogP contribution in [-0.4, -0.2) is 57.9 Å². The summed E-state index contributed by atoms with van der Waals surface area (Å²) in [5.74, 6) is 0. The fraction of sp³-hybridized carbons (Fsp3) is 0.562. The third kappa shape index (κ3) is 5.92. The van der Waals surface area contributed by atoms with Gasteiger partial charge in [-0.2, -0.15) is 0 Å². The van der Waals surface area contributed by atoms with Gasteiger partial charge in [-0.05, 0) is 69.3 Å². The van der Waals surface area contributed by atoms with Crippen molar-refractivity contribution in [3.05, 3.63) is 24.3 Å². The monoisotopic (exact) mass is 370 g/mol. The molecule has 1 aliphatic rings. The lowest BCUT2D eigenvalue weighted by molar-refractivity contribution is 0.334. The van der Waals surface area contributed by atoms with Gasteiger partial charge < -0.3 is 15.5 Å². The van der Waals surface area contributed by atoms with E-state index in [2.05, 4.69) is 15.5 Å². The van der Waals surface area contributed by atoms with Crippen molar-refractivity contribution in [3.8, 4) is 0 Å². The molecule has 1 aromatic carbocycles. The van der Waals surface area contributed by atoms with Crippen molar-refractivity contribution in [1.82, 2.24) is 10.2 Å². The van der Waals surface area contributed by atoms with Crippen LogP contribution in [0.15, 0.2) is 24.3 Å². The Balaban J connectivity index is 1.78. The molecule has 0 aliphatic carbocycles. The van der Waals surface area contributed by atoms with Crippen LogP contribution in [-0.2, 0) is 10.0 Å². The maximum absolute atomic E-state index is 11.6. The first-order valence-corrected chi connectivity index (χ1v) is 10.4. The number of hydrogen-bond acceptors (Lipinski definition) is 4. The second kappa shape index (κ2) is 8.64. The first kappa shape index (κ1) is 19.0. The van der Waals surface area contributed by atoms with Crippen LogP contribution in [0.1, 0.15) is 19.3 Å². The molecule has 24 heavy (non-hydrogen) atoms. The number of nitrogens with zero attached hydrogens (tertiary/aromatic N) is 2. The maximum atomic E-state index is 11.6. The number of thiocarbonyl (C=S) groups is 1. The fourth-order valence-electron chi connectivity index (χ4n) is 2.66. The topological polar surface area (TPSA) is 64.7 Å². The molecule has 1 aliphatic heterocycles. The molecule has 0 aromatic heterocycles. The van der Waals surface area contributed by atoms with Gasteiger partial charge in [0.1, 0.15) is 0 Å². The standard InChI is InChI=1S/C16H26N4O2S2/c1-19(24(2,21)22)15-8-5-7-14(13-15)18-16(23)17-9-6-12-20-10-3-4-11-20/h5,7-8,13H,3-4,6,9-12H2,1-2H3,(H2,17,18,23). The molecule has 1 aromatic rings. The third-order valence-electron chi connectivity index (χ3n) is 4.10. The molecule has 0 saturated carbocycles. The minimum Gasteiger partial charge on any atom is -0.362 e. The van der Waals surface area contributed by atoms with Crippen LogP contribution in [0.25, 0.3) is 0 Å². The van der Waals surface area contributed by atoms with Crippen molar-refractivity contribution >= 4 is 38.7 Å².